The van der Waals surface area contributed by atoms with Gasteiger partial charge in [-0.1, -0.05) is 18.2 Å². The van der Waals surface area contributed by atoms with Crippen molar-refractivity contribution < 1.29 is 13.5 Å². The van der Waals surface area contributed by atoms with Gasteiger partial charge in [-0.25, -0.2) is 4.39 Å². The molecule has 0 heterocycles. The van der Waals surface area contributed by atoms with Crippen LogP contribution in [0, 0.1) is 23.0 Å². The molecule has 4 heteroatoms. The summed E-state index contributed by atoms with van der Waals surface area (Å²) in [7, 11) is 0. The molecule has 2 rings (SSSR count). The molecule has 2 aromatic carbocycles. The Bertz CT molecular complexity index is 588. The fourth-order valence-corrected chi connectivity index (χ4v) is 1.43. The maximum absolute atomic E-state index is 13.3. The first-order chi connectivity index (χ1) is 8.70. The highest BCUT2D eigenvalue weighted by Crippen LogP contribution is 2.20. The van der Waals surface area contributed by atoms with Crippen molar-refractivity contribution in [3.63, 3.8) is 0 Å². The van der Waals surface area contributed by atoms with E-state index in [1.807, 2.05) is 6.07 Å². The van der Waals surface area contributed by atoms with Gasteiger partial charge in [-0.3, -0.25) is 0 Å². The van der Waals surface area contributed by atoms with Crippen molar-refractivity contribution in [1.82, 2.24) is 0 Å². The molecule has 0 unspecified atom stereocenters. The minimum absolute atomic E-state index is 0.117. The number of hydrogen-bond acceptors (Lipinski definition) is 2. The number of rotatable bonds is 3. The number of benzene rings is 2. The Labute approximate surface area is 103 Å². The van der Waals surface area contributed by atoms with Crippen LogP contribution in [0.5, 0.6) is 5.75 Å². The van der Waals surface area contributed by atoms with Crippen molar-refractivity contribution in [2.75, 3.05) is 0 Å². The Balaban J connectivity index is 2.07. The highest BCUT2D eigenvalue weighted by atomic mass is 19.2. The van der Waals surface area contributed by atoms with Crippen LogP contribution in [-0.4, -0.2) is 0 Å². The molecule has 0 aliphatic carbocycles. The zero-order valence-electron chi connectivity index (χ0n) is 9.36. The van der Waals surface area contributed by atoms with E-state index in [9.17, 15) is 8.78 Å². The van der Waals surface area contributed by atoms with Crippen LogP contribution < -0.4 is 4.74 Å². The van der Waals surface area contributed by atoms with Crippen LogP contribution in [0.15, 0.2) is 42.5 Å². The molecule has 0 aliphatic heterocycles. The molecule has 0 bridgehead atoms. The summed E-state index contributed by atoms with van der Waals surface area (Å²) < 4.78 is 31.4. The molecule has 0 radical (unpaired) electrons. The van der Waals surface area contributed by atoms with Gasteiger partial charge < -0.3 is 4.74 Å². The summed E-state index contributed by atoms with van der Waals surface area (Å²) in [5.41, 5.74) is 1.31. The Morgan fingerprint density at radius 2 is 1.78 bits per heavy atom. The maximum atomic E-state index is 13.3. The van der Waals surface area contributed by atoms with Crippen molar-refractivity contribution in [2.24, 2.45) is 0 Å². The molecule has 0 saturated carbocycles. The van der Waals surface area contributed by atoms with E-state index >= 15 is 0 Å². The predicted molar refractivity (Wildman–Crippen MR) is 61.8 cm³/mol. The SMILES string of the molecule is N#Cc1ccc(COc2cccc(F)c2F)cc1. The highest BCUT2D eigenvalue weighted by Gasteiger charge is 2.08. The summed E-state index contributed by atoms with van der Waals surface area (Å²) in [5.74, 6) is -2.06. The van der Waals surface area contributed by atoms with Gasteiger partial charge in [0.25, 0.3) is 0 Å². The normalized spacial score (nSPS) is 9.83. The van der Waals surface area contributed by atoms with E-state index in [-0.39, 0.29) is 12.4 Å². The van der Waals surface area contributed by atoms with Crippen LogP contribution in [0.3, 0.4) is 0 Å². The second-order valence-corrected chi connectivity index (χ2v) is 3.65. The molecular weight excluding hydrogens is 236 g/mol. The Morgan fingerprint density at radius 1 is 1.06 bits per heavy atom. The number of halogens is 2. The number of nitriles is 1. The van der Waals surface area contributed by atoms with E-state index in [4.69, 9.17) is 10.00 Å². The van der Waals surface area contributed by atoms with Crippen LogP contribution in [0.1, 0.15) is 11.1 Å². The average molecular weight is 245 g/mol. The second-order valence-electron chi connectivity index (χ2n) is 3.65. The molecule has 0 aromatic heterocycles. The monoisotopic (exact) mass is 245 g/mol. The van der Waals surface area contributed by atoms with Crippen LogP contribution in [0.4, 0.5) is 8.78 Å². The van der Waals surface area contributed by atoms with E-state index in [2.05, 4.69) is 0 Å². The number of ether oxygens (including phenoxy) is 1. The first-order valence-electron chi connectivity index (χ1n) is 5.26. The lowest BCUT2D eigenvalue weighted by atomic mass is 10.1. The van der Waals surface area contributed by atoms with Crippen LogP contribution in [0.25, 0.3) is 0 Å². The summed E-state index contributed by atoms with van der Waals surface area (Å²) in [6, 6.07) is 12.5. The fourth-order valence-electron chi connectivity index (χ4n) is 1.43. The van der Waals surface area contributed by atoms with Gasteiger partial charge >= 0.3 is 0 Å². The molecule has 18 heavy (non-hydrogen) atoms. The van der Waals surface area contributed by atoms with E-state index in [0.717, 1.165) is 11.6 Å². The summed E-state index contributed by atoms with van der Waals surface area (Å²) in [6.45, 7) is 0.117. The fraction of sp³-hybridized carbons (Fsp3) is 0.0714. The molecule has 0 fully saturated rings. The van der Waals surface area contributed by atoms with Crippen LogP contribution >= 0.6 is 0 Å². The molecule has 0 amide bonds. The summed E-state index contributed by atoms with van der Waals surface area (Å²) in [6.07, 6.45) is 0. The zero-order chi connectivity index (χ0) is 13.0. The van der Waals surface area contributed by atoms with Gasteiger partial charge in [0.2, 0.25) is 5.82 Å². The van der Waals surface area contributed by atoms with Gasteiger partial charge in [0.05, 0.1) is 11.6 Å². The lowest BCUT2D eigenvalue weighted by molar-refractivity contribution is 0.284. The molecule has 0 atom stereocenters. The lowest BCUT2D eigenvalue weighted by Gasteiger charge is -2.07. The molecule has 0 aliphatic rings. The van der Waals surface area contributed by atoms with Crippen LogP contribution in [0.2, 0.25) is 0 Å². The topological polar surface area (TPSA) is 33.0 Å². The van der Waals surface area contributed by atoms with Crippen molar-refractivity contribution >= 4 is 0 Å². The van der Waals surface area contributed by atoms with Crippen molar-refractivity contribution in [3.05, 3.63) is 65.2 Å². The average Bonchev–Trinajstić information content (AvgIpc) is 2.41. The third kappa shape index (κ3) is 2.64. The van der Waals surface area contributed by atoms with E-state index in [1.165, 1.54) is 12.1 Å². The minimum Gasteiger partial charge on any atom is -0.486 e. The third-order valence-electron chi connectivity index (χ3n) is 2.39. The Morgan fingerprint density at radius 3 is 2.44 bits per heavy atom. The highest BCUT2D eigenvalue weighted by molar-refractivity contribution is 5.32. The molecule has 0 saturated heterocycles. The Hall–Kier alpha value is -2.41. The van der Waals surface area contributed by atoms with Crippen molar-refractivity contribution in [3.8, 4) is 11.8 Å². The van der Waals surface area contributed by atoms with Gasteiger partial charge in [-0.2, -0.15) is 9.65 Å². The number of hydrogen-bond donors (Lipinski definition) is 0. The molecule has 2 nitrogen and oxygen atoms in total. The van der Waals surface area contributed by atoms with Crippen molar-refractivity contribution in [2.45, 2.75) is 6.61 Å². The lowest BCUT2D eigenvalue weighted by Crippen LogP contribution is -1.98. The first-order valence-corrected chi connectivity index (χ1v) is 5.26. The molecule has 0 N–H and O–H groups in total. The van der Waals surface area contributed by atoms with Crippen molar-refractivity contribution in [1.29, 1.82) is 5.26 Å². The van der Waals surface area contributed by atoms with Gasteiger partial charge in [0.15, 0.2) is 11.6 Å². The van der Waals surface area contributed by atoms with Gasteiger partial charge in [0, 0.05) is 0 Å². The van der Waals surface area contributed by atoms with Crippen LogP contribution in [-0.2, 0) is 6.61 Å². The molecule has 90 valence electrons. The first kappa shape index (κ1) is 12.1. The van der Waals surface area contributed by atoms with Gasteiger partial charge in [0.1, 0.15) is 6.61 Å². The molecule has 0 spiro atoms. The Kier molecular flexibility index (Phi) is 3.54. The third-order valence-corrected chi connectivity index (χ3v) is 2.39. The van der Waals surface area contributed by atoms with E-state index in [0.29, 0.717) is 5.56 Å². The molecule has 2 aromatic rings. The van der Waals surface area contributed by atoms with E-state index < -0.39 is 11.6 Å². The van der Waals surface area contributed by atoms with Gasteiger partial charge in [-0.15, -0.1) is 0 Å². The zero-order valence-corrected chi connectivity index (χ0v) is 9.36. The largest absolute Gasteiger partial charge is 0.486 e. The quantitative estimate of drug-likeness (QED) is 0.830. The maximum Gasteiger partial charge on any atom is 0.200 e. The van der Waals surface area contributed by atoms with E-state index in [1.54, 1.807) is 24.3 Å². The summed E-state index contributed by atoms with van der Waals surface area (Å²) in [5, 5.41) is 8.63. The summed E-state index contributed by atoms with van der Waals surface area (Å²) >= 11 is 0. The minimum atomic E-state index is -0.994. The summed E-state index contributed by atoms with van der Waals surface area (Å²) in [4.78, 5) is 0. The standard InChI is InChI=1S/C14H9F2NO/c15-12-2-1-3-13(14(12)16)18-9-11-6-4-10(8-17)5-7-11/h1-7H,9H2. The molecular formula is C14H9F2NO. The van der Waals surface area contributed by atoms with Gasteiger partial charge in [-0.05, 0) is 29.8 Å². The second kappa shape index (κ2) is 5.28. The smallest absolute Gasteiger partial charge is 0.200 e. The number of nitrogens with zero attached hydrogens (tertiary/aromatic N) is 1. The predicted octanol–water partition coefficient (Wildman–Crippen LogP) is 3.42.